The molecule has 0 aromatic heterocycles. The molecule has 0 unspecified atom stereocenters. The van der Waals surface area contributed by atoms with Crippen LogP contribution in [0.1, 0.15) is 25.7 Å². The summed E-state index contributed by atoms with van der Waals surface area (Å²) in [5, 5.41) is 0. The molecule has 0 heterocycles. The van der Waals surface area contributed by atoms with Crippen molar-refractivity contribution in [1.29, 1.82) is 0 Å². The summed E-state index contributed by atoms with van der Waals surface area (Å²) in [6.45, 7) is 0. The summed E-state index contributed by atoms with van der Waals surface area (Å²) in [5.74, 6) is 0. The van der Waals surface area contributed by atoms with Gasteiger partial charge in [0.1, 0.15) is 0 Å². The summed E-state index contributed by atoms with van der Waals surface area (Å²) in [4.78, 5) is 0. The van der Waals surface area contributed by atoms with E-state index in [-0.39, 0.29) is 39.0 Å². The Morgan fingerprint density at radius 2 is 0.700 bits per heavy atom. The Balaban J connectivity index is 0. The van der Waals surface area contributed by atoms with Crippen LogP contribution in [0.15, 0.2) is 24.3 Å². The Kier molecular flexibility index (Phi) is 13.0. The number of allylic oxidation sites excluding steroid dienone is 4. The standard InChI is InChI=1S/C8H12.2Rh/c1-2-4-6-8-7-5-3-1;;/h1-2,7-8H,3-6H2;;/b2-1-,8-7?;;. The molecule has 62 valence electrons. The third-order valence-electron chi connectivity index (χ3n) is 1.33. The van der Waals surface area contributed by atoms with Crippen molar-refractivity contribution in [3.8, 4) is 0 Å². The minimum atomic E-state index is 0. The minimum absolute atomic E-state index is 0. The first-order chi connectivity index (χ1) is 4.00. The number of hydrogen-bond donors (Lipinski definition) is 0. The van der Waals surface area contributed by atoms with Gasteiger partial charge in [0.05, 0.1) is 0 Å². The second-order valence-electron chi connectivity index (χ2n) is 2.10. The molecule has 1 rings (SSSR count). The van der Waals surface area contributed by atoms with Crippen LogP contribution in [0.2, 0.25) is 0 Å². The molecule has 10 heavy (non-hydrogen) atoms. The summed E-state index contributed by atoms with van der Waals surface area (Å²) >= 11 is 0. The van der Waals surface area contributed by atoms with Crippen LogP contribution in [-0.4, -0.2) is 0 Å². The predicted octanol–water partition coefficient (Wildman–Crippen LogP) is 2.67. The van der Waals surface area contributed by atoms with Crippen LogP contribution >= 0.6 is 0 Å². The monoisotopic (exact) mass is 314 g/mol. The van der Waals surface area contributed by atoms with E-state index in [1.165, 1.54) is 25.7 Å². The molecule has 0 aliphatic heterocycles. The summed E-state index contributed by atoms with van der Waals surface area (Å²) < 4.78 is 0. The van der Waals surface area contributed by atoms with Gasteiger partial charge in [-0.2, -0.15) is 0 Å². The van der Waals surface area contributed by atoms with Gasteiger partial charge in [-0.15, -0.1) is 0 Å². The first kappa shape index (κ1) is 13.3. The quantitative estimate of drug-likeness (QED) is 0.476. The zero-order chi connectivity index (χ0) is 5.66. The van der Waals surface area contributed by atoms with Gasteiger partial charge in [0, 0.05) is 39.0 Å². The van der Waals surface area contributed by atoms with E-state index in [0.29, 0.717) is 0 Å². The van der Waals surface area contributed by atoms with Crippen molar-refractivity contribution in [2.75, 3.05) is 0 Å². The van der Waals surface area contributed by atoms with Crippen LogP contribution in [0.5, 0.6) is 0 Å². The Morgan fingerprint density at radius 3 is 0.900 bits per heavy atom. The molecule has 1 aliphatic carbocycles. The molecule has 0 atom stereocenters. The molecule has 2 radical (unpaired) electrons. The largest absolute Gasteiger partial charge is 0.0882 e. The van der Waals surface area contributed by atoms with Gasteiger partial charge < -0.3 is 0 Å². The third-order valence-corrected chi connectivity index (χ3v) is 1.33. The van der Waals surface area contributed by atoms with Crippen molar-refractivity contribution in [3.05, 3.63) is 24.3 Å². The van der Waals surface area contributed by atoms with Crippen LogP contribution in [0.3, 0.4) is 0 Å². The van der Waals surface area contributed by atoms with Gasteiger partial charge in [0.2, 0.25) is 0 Å². The third kappa shape index (κ3) is 6.84. The van der Waals surface area contributed by atoms with E-state index < -0.39 is 0 Å². The van der Waals surface area contributed by atoms with Crippen molar-refractivity contribution < 1.29 is 39.0 Å². The van der Waals surface area contributed by atoms with Crippen molar-refractivity contribution >= 4 is 0 Å². The maximum absolute atomic E-state index is 2.27. The molecule has 0 aromatic carbocycles. The fourth-order valence-corrected chi connectivity index (χ4v) is 0.856. The summed E-state index contributed by atoms with van der Waals surface area (Å²) in [5.41, 5.74) is 0. The molecule has 0 saturated heterocycles. The van der Waals surface area contributed by atoms with Crippen molar-refractivity contribution in [2.45, 2.75) is 25.7 Å². The van der Waals surface area contributed by atoms with E-state index in [1.807, 2.05) is 0 Å². The number of hydrogen-bond acceptors (Lipinski definition) is 0. The van der Waals surface area contributed by atoms with Crippen molar-refractivity contribution in [1.82, 2.24) is 0 Å². The van der Waals surface area contributed by atoms with E-state index in [4.69, 9.17) is 0 Å². The molecule has 0 aromatic rings. The molecule has 0 nitrogen and oxygen atoms in total. The maximum Gasteiger partial charge on any atom is 0 e. The van der Waals surface area contributed by atoms with Crippen LogP contribution < -0.4 is 0 Å². The van der Waals surface area contributed by atoms with E-state index in [2.05, 4.69) is 24.3 Å². The topological polar surface area (TPSA) is 0 Å². The predicted molar refractivity (Wildman–Crippen MR) is 36.7 cm³/mol. The number of rotatable bonds is 0. The van der Waals surface area contributed by atoms with Gasteiger partial charge in [-0.3, -0.25) is 0 Å². The molecule has 0 saturated carbocycles. The normalized spacial score (nSPS) is 19.2. The van der Waals surface area contributed by atoms with Crippen LogP contribution in [0, 0.1) is 0 Å². The van der Waals surface area contributed by atoms with Gasteiger partial charge in [-0.05, 0) is 25.7 Å². The molecule has 0 bridgehead atoms. The fraction of sp³-hybridized carbons (Fsp3) is 0.500. The molecule has 0 fully saturated rings. The SMILES string of the molecule is C1=CCC/C=C\CC1.[Rh].[Rh]. The first-order valence-electron chi connectivity index (χ1n) is 3.30. The van der Waals surface area contributed by atoms with Crippen molar-refractivity contribution in [3.63, 3.8) is 0 Å². The minimum Gasteiger partial charge on any atom is -0.0882 e. The van der Waals surface area contributed by atoms with E-state index in [0.717, 1.165) is 0 Å². The average molecular weight is 314 g/mol. The fourth-order valence-electron chi connectivity index (χ4n) is 0.856. The van der Waals surface area contributed by atoms with E-state index >= 15 is 0 Å². The van der Waals surface area contributed by atoms with E-state index in [1.54, 1.807) is 0 Å². The Labute approximate surface area is 88.7 Å². The van der Waals surface area contributed by atoms with Gasteiger partial charge >= 0.3 is 0 Å². The molecule has 1 aliphatic rings. The van der Waals surface area contributed by atoms with Gasteiger partial charge in [-0.1, -0.05) is 24.3 Å². The van der Waals surface area contributed by atoms with Crippen LogP contribution in [-0.2, 0) is 39.0 Å². The molecule has 0 amide bonds. The Hall–Kier alpha value is 0.727. The van der Waals surface area contributed by atoms with Crippen LogP contribution in [0.4, 0.5) is 0 Å². The smallest absolute Gasteiger partial charge is 0 e. The zero-order valence-corrected chi connectivity index (χ0v) is 9.08. The zero-order valence-electron chi connectivity index (χ0n) is 5.80. The van der Waals surface area contributed by atoms with Gasteiger partial charge in [0.15, 0.2) is 0 Å². The Bertz CT molecular complexity index is 79.8. The molecule has 2 heteroatoms. The second kappa shape index (κ2) is 9.73. The summed E-state index contributed by atoms with van der Waals surface area (Å²) in [7, 11) is 0. The molecule has 0 N–H and O–H groups in total. The first-order valence-corrected chi connectivity index (χ1v) is 3.30. The molecular formula is C8H12Rh2. The average Bonchev–Trinajstić information content (AvgIpc) is 1.62. The molecule has 0 spiro atoms. The second-order valence-corrected chi connectivity index (χ2v) is 2.10. The van der Waals surface area contributed by atoms with Gasteiger partial charge in [-0.25, -0.2) is 0 Å². The van der Waals surface area contributed by atoms with E-state index in [9.17, 15) is 0 Å². The molecular weight excluding hydrogens is 302 g/mol. The van der Waals surface area contributed by atoms with Crippen molar-refractivity contribution in [2.24, 2.45) is 0 Å². The Morgan fingerprint density at radius 1 is 0.500 bits per heavy atom. The summed E-state index contributed by atoms with van der Waals surface area (Å²) in [6, 6.07) is 0. The van der Waals surface area contributed by atoms with Gasteiger partial charge in [0.25, 0.3) is 0 Å². The van der Waals surface area contributed by atoms with Crippen LogP contribution in [0.25, 0.3) is 0 Å². The summed E-state index contributed by atoms with van der Waals surface area (Å²) in [6.07, 6.45) is 14.0. The maximum atomic E-state index is 2.27.